The molecule has 1 aromatic rings. The van der Waals surface area contributed by atoms with Crippen molar-refractivity contribution in [2.24, 2.45) is 5.92 Å². The van der Waals surface area contributed by atoms with Gasteiger partial charge in [0.15, 0.2) is 0 Å². The Morgan fingerprint density at radius 1 is 1.38 bits per heavy atom. The predicted octanol–water partition coefficient (Wildman–Crippen LogP) is 1.10. The molecule has 3 unspecified atom stereocenters. The maximum absolute atomic E-state index is 13.4. The van der Waals surface area contributed by atoms with Crippen LogP contribution < -0.4 is 21.5 Å². The predicted molar refractivity (Wildman–Crippen MR) is 94.5 cm³/mol. The highest BCUT2D eigenvalue weighted by atomic mass is 35.5. The number of hydrogen-bond acceptors (Lipinski definition) is 4. The number of nitrogens with one attached hydrogen (secondary N) is 4. The van der Waals surface area contributed by atoms with Crippen molar-refractivity contribution in [1.82, 2.24) is 21.5 Å². The highest BCUT2D eigenvalue weighted by Gasteiger charge is 2.41. The summed E-state index contributed by atoms with van der Waals surface area (Å²) in [6.45, 7) is 6.31. The number of hydrogen-bond donors (Lipinski definition) is 4. The average molecular weight is 357 g/mol. The van der Waals surface area contributed by atoms with Crippen molar-refractivity contribution in [3.8, 4) is 0 Å². The summed E-state index contributed by atoms with van der Waals surface area (Å²) in [6, 6.07) is 6.69. The summed E-state index contributed by atoms with van der Waals surface area (Å²) in [6.07, 6.45) is 1.02. The van der Waals surface area contributed by atoms with Crippen molar-refractivity contribution in [2.45, 2.75) is 37.8 Å². The molecule has 2 saturated heterocycles. The highest BCUT2D eigenvalue weighted by Crippen LogP contribution is 2.24. The van der Waals surface area contributed by atoms with Gasteiger partial charge < -0.3 is 10.6 Å². The largest absolute Gasteiger partial charge is 0.354 e. The van der Waals surface area contributed by atoms with Gasteiger partial charge in [-0.3, -0.25) is 10.2 Å². The number of carbonyl (C=O) groups is 1. The minimum Gasteiger partial charge on any atom is -0.354 e. The van der Waals surface area contributed by atoms with Gasteiger partial charge in [-0.1, -0.05) is 26.0 Å². The second kappa shape index (κ2) is 7.78. The van der Waals surface area contributed by atoms with E-state index < -0.39 is 0 Å². The Balaban J connectivity index is 0.00000208. The van der Waals surface area contributed by atoms with E-state index in [0.717, 1.165) is 25.1 Å². The van der Waals surface area contributed by atoms with E-state index in [1.165, 1.54) is 12.1 Å². The van der Waals surface area contributed by atoms with Crippen LogP contribution in [0.15, 0.2) is 24.3 Å². The molecular formula is C17H26ClFN4O. The van der Waals surface area contributed by atoms with E-state index in [0.29, 0.717) is 12.6 Å². The molecule has 2 aliphatic heterocycles. The molecule has 7 heteroatoms. The molecule has 0 radical (unpaired) electrons. The van der Waals surface area contributed by atoms with Crippen LogP contribution in [0.25, 0.3) is 0 Å². The van der Waals surface area contributed by atoms with E-state index in [2.05, 4.69) is 21.5 Å². The fourth-order valence-corrected chi connectivity index (χ4v) is 3.41. The summed E-state index contributed by atoms with van der Waals surface area (Å²) in [5.41, 5.74) is 6.90. The Kier molecular flexibility index (Phi) is 6.20. The van der Waals surface area contributed by atoms with E-state index in [1.807, 2.05) is 19.9 Å². The van der Waals surface area contributed by atoms with E-state index in [-0.39, 0.29) is 41.5 Å². The number of rotatable bonds is 4. The van der Waals surface area contributed by atoms with Crippen molar-refractivity contribution >= 4 is 18.3 Å². The molecule has 1 amide bonds. The summed E-state index contributed by atoms with van der Waals surface area (Å²) in [5, 5.41) is 6.37. The van der Waals surface area contributed by atoms with E-state index in [1.54, 1.807) is 6.07 Å². The van der Waals surface area contributed by atoms with Crippen LogP contribution in [-0.4, -0.2) is 37.6 Å². The lowest BCUT2D eigenvalue weighted by atomic mass is 9.84. The molecule has 0 aromatic heterocycles. The molecule has 0 aliphatic carbocycles. The molecule has 0 spiro atoms. The van der Waals surface area contributed by atoms with Gasteiger partial charge >= 0.3 is 0 Å². The first-order valence-electron chi connectivity index (χ1n) is 8.23. The van der Waals surface area contributed by atoms with Crippen molar-refractivity contribution in [1.29, 1.82) is 0 Å². The zero-order valence-electron chi connectivity index (χ0n) is 14.1. The second-order valence-electron chi connectivity index (χ2n) is 7.14. The van der Waals surface area contributed by atoms with Crippen molar-refractivity contribution in [2.75, 3.05) is 19.6 Å². The molecule has 4 N–H and O–H groups in total. The maximum Gasteiger partial charge on any atom is 0.238 e. The lowest BCUT2D eigenvalue weighted by Gasteiger charge is -2.29. The maximum atomic E-state index is 13.4. The number of amides is 1. The lowest BCUT2D eigenvalue weighted by molar-refractivity contribution is -0.124. The zero-order valence-corrected chi connectivity index (χ0v) is 14.9. The number of halogens is 2. The van der Waals surface area contributed by atoms with Crippen LogP contribution in [0.5, 0.6) is 0 Å². The molecule has 2 fully saturated rings. The molecule has 24 heavy (non-hydrogen) atoms. The second-order valence-corrected chi connectivity index (χ2v) is 7.14. The molecule has 1 aromatic carbocycles. The third kappa shape index (κ3) is 4.06. The fourth-order valence-electron chi connectivity index (χ4n) is 3.41. The molecule has 0 saturated carbocycles. The number of benzene rings is 1. The first-order valence-corrected chi connectivity index (χ1v) is 8.23. The first kappa shape index (κ1) is 19.1. The molecule has 3 rings (SSSR count). The summed E-state index contributed by atoms with van der Waals surface area (Å²) in [4.78, 5) is 12.5. The number of piperidine rings is 1. The van der Waals surface area contributed by atoms with Gasteiger partial charge in [0.2, 0.25) is 5.91 Å². The van der Waals surface area contributed by atoms with E-state index in [4.69, 9.17) is 0 Å². The monoisotopic (exact) mass is 356 g/mol. The van der Waals surface area contributed by atoms with Crippen LogP contribution in [0.2, 0.25) is 0 Å². The van der Waals surface area contributed by atoms with Crippen molar-refractivity contribution in [3.63, 3.8) is 0 Å². The molecule has 134 valence electrons. The quantitative estimate of drug-likeness (QED) is 0.652. The summed E-state index contributed by atoms with van der Waals surface area (Å²) in [5.74, 6) is 0.0129. The van der Waals surface area contributed by atoms with E-state index in [9.17, 15) is 9.18 Å². The Labute approximate surface area is 148 Å². The van der Waals surface area contributed by atoms with Crippen LogP contribution >= 0.6 is 12.4 Å². The normalized spacial score (nSPS) is 26.4. The SMILES string of the molecule is CC(C)(CNC(=O)C1NNC2CCNCC21)c1cccc(F)c1.Cl. The van der Waals surface area contributed by atoms with Gasteiger partial charge in [-0.2, -0.15) is 0 Å². The van der Waals surface area contributed by atoms with E-state index >= 15 is 0 Å². The third-order valence-corrected chi connectivity index (χ3v) is 4.97. The minimum atomic E-state index is -0.325. The van der Waals surface area contributed by atoms with Gasteiger partial charge in [-0.15, -0.1) is 12.4 Å². The summed E-state index contributed by atoms with van der Waals surface area (Å²) >= 11 is 0. The average Bonchev–Trinajstić information content (AvgIpc) is 2.97. The van der Waals surface area contributed by atoms with Gasteiger partial charge in [-0.25, -0.2) is 9.82 Å². The number of hydrazine groups is 1. The third-order valence-electron chi connectivity index (χ3n) is 4.97. The minimum absolute atomic E-state index is 0. The Morgan fingerprint density at radius 3 is 2.92 bits per heavy atom. The van der Waals surface area contributed by atoms with Gasteiger partial charge in [-0.05, 0) is 30.7 Å². The zero-order chi connectivity index (χ0) is 16.4. The molecule has 2 aliphatic rings. The molecule has 3 atom stereocenters. The molecule has 0 bridgehead atoms. The van der Waals surface area contributed by atoms with Crippen molar-refractivity contribution in [3.05, 3.63) is 35.6 Å². The number of fused-ring (bicyclic) bond motifs is 1. The van der Waals surface area contributed by atoms with Gasteiger partial charge in [0, 0.05) is 30.5 Å². The molecule has 2 heterocycles. The first-order chi connectivity index (χ1) is 11.0. The standard InChI is InChI=1S/C17H25FN4O.ClH/c1-17(2,11-4-3-5-12(18)8-11)10-20-16(23)15-13-9-19-7-6-14(13)21-22-15;/h3-5,8,13-15,19,21-22H,6-7,9-10H2,1-2H3,(H,20,23);1H. The van der Waals surface area contributed by atoms with Gasteiger partial charge in [0.25, 0.3) is 0 Å². The highest BCUT2D eigenvalue weighted by molar-refractivity contribution is 5.85. The summed E-state index contributed by atoms with van der Waals surface area (Å²) in [7, 11) is 0. The van der Waals surface area contributed by atoms with Crippen LogP contribution in [-0.2, 0) is 10.2 Å². The number of carbonyl (C=O) groups excluding carboxylic acids is 1. The van der Waals surface area contributed by atoms with Crippen LogP contribution in [0.4, 0.5) is 4.39 Å². The lowest BCUT2D eigenvalue weighted by Crippen LogP contribution is -2.51. The Bertz CT molecular complexity index is 583. The van der Waals surface area contributed by atoms with Gasteiger partial charge in [0.1, 0.15) is 11.9 Å². The molecule has 5 nitrogen and oxygen atoms in total. The van der Waals surface area contributed by atoms with Crippen LogP contribution in [0.3, 0.4) is 0 Å². The smallest absolute Gasteiger partial charge is 0.238 e. The molecular weight excluding hydrogens is 331 g/mol. The topological polar surface area (TPSA) is 65.2 Å². The van der Waals surface area contributed by atoms with Crippen LogP contribution in [0, 0.1) is 11.7 Å². The summed E-state index contributed by atoms with van der Waals surface area (Å²) < 4.78 is 13.4. The Hall–Kier alpha value is -1.21. The van der Waals surface area contributed by atoms with Gasteiger partial charge in [0.05, 0.1) is 0 Å². The van der Waals surface area contributed by atoms with Crippen molar-refractivity contribution < 1.29 is 9.18 Å². The Morgan fingerprint density at radius 2 is 2.17 bits per heavy atom. The fraction of sp³-hybridized carbons (Fsp3) is 0.588. The van der Waals surface area contributed by atoms with Crippen LogP contribution in [0.1, 0.15) is 25.8 Å².